The van der Waals surface area contributed by atoms with Crippen LogP contribution in [-0.2, 0) is 7.05 Å². The van der Waals surface area contributed by atoms with Gasteiger partial charge in [0.25, 0.3) is 5.91 Å². The fraction of sp³-hybridized carbons (Fsp3) is 0.550. The molecule has 0 unspecified atom stereocenters. The second kappa shape index (κ2) is 8.08. The van der Waals surface area contributed by atoms with Crippen LogP contribution in [0.5, 0.6) is 0 Å². The van der Waals surface area contributed by atoms with Crippen LogP contribution < -0.4 is 5.56 Å². The van der Waals surface area contributed by atoms with Crippen LogP contribution in [0.3, 0.4) is 0 Å². The number of amides is 1. The number of aromatic amines is 1. The topological polar surface area (TPSA) is 74.2 Å². The molecule has 7 nitrogen and oxygen atoms in total. The quantitative estimate of drug-likeness (QED) is 0.872. The van der Waals surface area contributed by atoms with Gasteiger partial charge in [-0.1, -0.05) is 6.92 Å². The first-order chi connectivity index (χ1) is 12.9. The smallest absolute Gasteiger partial charge is 0.255 e. The second-order valence-corrected chi connectivity index (χ2v) is 7.50. The van der Waals surface area contributed by atoms with E-state index in [0.717, 1.165) is 25.9 Å². The van der Waals surface area contributed by atoms with Crippen molar-refractivity contribution in [1.29, 1.82) is 0 Å². The summed E-state index contributed by atoms with van der Waals surface area (Å²) in [7, 11) is 3.78. The average molecular weight is 371 g/mol. The molecule has 0 bridgehead atoms. The number of hydrogen-bond acceptors (Lipinski definition) is 4. The van der Waals surface area contributed by atoms with Gasteiger partial charge in [0.05, 0.1) is 11.8 Å². The van der Waals surface area contributed by atoms with Gasteiger partial charge in [-0.05, 0) is 44.3 Å². The third kappa shape index (κ3) is 4.13. The molecule has 2 atom stereocenters. The van der Waals surface area contributed by atoms with Gasteiger partial charge in [-0.3, -0.25) is 19.2 Å². The van der Waals surface area contributed by atoms with Crippen molar-refractivity contribution in [3.8, 4) is 0 Å². The monoisotopic (exact) mass is 371 g/mol. The van der Waals surface area contributed by atoms with E-state index in [4.69, 9.17) is 0 Å². The summed E-state index contributed by atoms with van der Waals surface area (Å²) in [5.74, 6) is 0.294. The lowest BCUT2D eigenvalue weighted by Crippen LogP contribution is -2.44. The Balaban J connectivity index is 1.80. The number of aromatic nitrogens is 3. The van der Waals surface area contributed by atoms with Crippen LogP contribution in [0.4, 0.5) is 0 Å². The van der Waals surface area contributed by atoms with Crippen LogP contribution in [0.25, 0.3) is 0 Å². The first-order valence-electron chi connectivity index (χ1n) is 9.58. The molecule has 3 rings (SSSR count). The second-order valence-electron chi connectivity index (χ2n) is 7.50. The van der Waals surface area contributed by atoms with Gasteiger partial charge in [-0.25, -0.2) is 0 Å². The van der Waals surface area contributed by atoms with Gasteiger partial charge in [0, 0.05) is 50.7 Å². The number of carbonyl (C=O) groups is 1. The van der Waals surface area contributed by atoms with Gasteiger partial charge in [0.2, 0.25) is 5.56 Å². The average Bonchev–Trinajstić information content (AvgIpc) is 3.06. The molecule has 1 fully saturated rings. The molecule has 1 saturated heterocycles. The van der Waals surface area contributed by atoms with Crippen molar-refractivity contribution in [1.82, 2.24) is 24.6 Å². The van der Waals surface area contributed by atoms with Crippen molar-refractivity contribution in [2.24, 2.45) is 13.0 Å². The Morgan fingerprint density at radius 1 is 1.44 bits per heavy atom. The fourth-order valence-electron chi connectivity index (χ4n) is 4.22. The van der Waals surface area contributed by atoms with E-state index in [9.17, 15) is 9.59 Å². The molecule has 1 amide bonds. The molecule has 0 radical (unpaired) electrons. The maximum Gasteiger partial charge on any atom is 0.255 e. The molecule has 1 aliphatic heterocycles. The number of piperidine rings is 1. The Labute approximate surface area is 160 Å². The zero-order valence-electron chi connectivity index (χ0n) is 16.6. The van der Waals surface area contributed by atoms with Crippen molar-refractivity contribution in [2.75, 3.05) is 26.7 Å². The van der Waals surface area contributed by atoms with Crippen molar-refractivity contribution in [3.05, 3.63) is 51.7 Å². The van der Waals surface area contributed by atoms with E-state index in [2.05, 4.69) is 28.1 Å². The molecule has 0 aromatic carbocycles. The van der Waals surface area contributed by atoms with Gasteiger partial charge >= 0.3 is 0 Å². The van der Waals surface area contributed by atoms with Crippen molar-refractivity contribution >= 4 is 5.91 Å². The molecule has 0 spiro atoms. The molecule has 1 aliphatic rings. The van der Waals surface area contributed by atoms with Gasteiger partial charge in [0.15, 0.2) is 0 Å². The van der Waals surface area contributed by atoms with Crippen LogP contribution in [0, 0.1) is 12.8 Å². The van der Waals surface area contributed by atoms with Gasteiger partial charge < -0.3 is 9.88 Å². The molecule has 27 heavy (non-hydrogen) atoms. The van der Waals surface area contributed by atoms with Crippen molar-refractivity contribution in [3.63, 3.8) is 0 Å². The molecular weight excluding hydrogens is 342 g/mol. The first kappa shape index (κ1) is 19.4. The molecule has 0 saturated carbocycles. The predicted molar refractivity (Wildman–Crippen MR) is 105 cm³/mol. The van der Waals surface area contributed by atoms with Gasteiger partial charge in [-0.15, -0.1) is 0 Å². The van der Waals surface area contributed by atoms with E-state index in [1.807, 2.05) is 25.0 Å². The lowest BCUT2D eigenvalue weighted by atomic mass is 9.85. The van der Waals surface area contributed by atoms with E-state index in [1.165, 1.54) is 17.8 Å². The minimum absolute atomic E-state index is 0.0534. The zero-order valence-corrected chi connectivity index (χ0v) is 16.6. The summed E-state index contributed by atoms with van der Waals surface area (Å²) in [6.07, 6.45) is 7.76. The number of aryl methyl sites for hydroxylation is 2. The summed E-state index contributed by atoms with van der Waals surface area (Å²) in [6.45, 7) is 6.71. The van der Waals surface area contributed by atoms with Crippen LogP contribution in [0.1, 0.15) is 47.3 Å². The minimum Gasteiger partial charge on any atom is -0.341 e. The summed E-state index contributed by atoms with van der Waals surface area (Å²) < 4.78 is 1.84. The summed E-state index contributed by atoms with van der Waals surface area (Å²) in [5.41, 5.74) is 2.29. The van der Waals surface area contributed by atoms with E-state index in [-0.39, 0.29) is 17.5 Å². The highest BCUT2D eigenvalue weighted by Crippen LogP contribution is 2.36. The van der Waals surface area contributed by atoms with Gasteiger partial charge in [0.1, 0.15) is 0 Å². The minimum atomic E-state index is -0.186. The summed E-state index contributed by atoms with van der Waals surface area (Å²) in [5, 5.41) is 4.35. The predicted octanol–water partition coefficient (Wildman–Crippen LogP) is 1.96. The molecule has 2 aromatic heterocycles. The number of carbonyl (C=O) groups excluding carboxylic acids is 1. The summed E-state index contributed by atoms with van der Waals surface area (Å²) in [6, 6.07) is 1.74. The standard InChI is InChI=1S/C20H29N5O2/c1-5-25-8-6-7-15(19(25)16-10-22-24(4)13-16)12-23(3)20(27)17-11-21-18(26)9-14(17)2/h9-11,13,15,19H,5-8,12H2,1-4H3,(H,21,26)/t15-,19+/m0/s1. The lowest BCUT2D eigenvalue weighted by molar-refractivity contribution is 0.0588. The van der Waals surface area contributed by atoms with E-state index < -0.39 is 0 Å². The van der Waals surface area contributed by atoms with E-state index in [1.54, 1.807) is 11.8 Å². The number of hydrogen-bond donors (Lipinski definition) is 1. The Morgan fingerprint density at radius 2 is 2.22 bits per heavy atom. The Bertz CT molecular complexity index is 856. The van der Waals surface area contributed by atoms with Crippen LogP contribution in [0.15, 0.2) is 29.5 Å². The summed E-state index contributed by atoms with van der Waals surface area (Å²) in [4.78, 5) is 31.2. The Morgan fingerprint density at radius 3 is 2.85 bits per heavy atom. The highest BCUT2D eigenvalue weighted by atomic mass is 16.2. The Hall–Kier alpha value is -2.41. The SMILES string of the molecule is CCN1CCC[C@@H](CN(C)C(=O)c2c[nH]c(=O)cc2C)[C@@H]1c1cnn(C)c1. The van der Waals surface area contributed by atoms with Crippen molar-refractivity contribution < 1.29 is 4.79 Å². The number of rotatable bonds is 5. The van der Waals surface area contributed by atoms with E-state index >= 15 is 0 Å². The number of nitrogens with one attached hydrogen (secondary N) is 1. The maximum atomic E-state index is 12.9. The molecule has 0 aliphatic carbocycles. The van der Waals surface area contributed by atoms with Gasteiger partial charge in [-0.2, -0.15) is 5.10 Å². The van der Waals surface area contributed by atoms with Crippen molar-refractivity contribution in [2.45, 2.75) is 32.7 Å². The lowest BCUT2D eigenvalue weighted by Gasteiger charge is -2.42. The highest BCUT2D eigenvalue weighted by molar-refractivity contribution is 5.95. The fourth-order valence-corrected chi connectivity index (χ4v) is 4.22. The molecule has 3 heterocycles. The normalized spacial score (nSPS) is 20.6. The number of likely N-dealkylation sites (tertiary alicyclic amines) is 1. The third-order valence-electron chi connectivity index (χ3n) is 5.55. The highest BCUT2D eigenvalue weighted by Gasteiger charge is 2.34. The zero-order chi connectivity index (χ0) is 19.6. The van der Waals surface area contributed by atoms with E-state index in [0.29, 0.717) is 23.6 Å². The Kier molecular flexibility index (Phi) is 5.79. The first-order valence-corrected chi connectivity index (χ1v) is 9.58. The third-order valence-corrected chi connectivity index (χ3v) is 5.55. The van der Waals surface area contributed by atoms with Crippen LogP contribution in [-0.4, -0.2) is 57.2 Å². The molecule has 1 N–H and O–H groups in total. The van der Waals surface area contributed by atoms with Crippen LogP contribution in [0.2, 0.25) is 0 Å². The largest absolute Gasteiger partial charge is 0.341 e. The maximum absolute atomic E-state index is 12.9. The number of nitrogens with zero attached hydrogens (tertiary/aromatic N) is 4. The molecule has 146 valence electrons. The van der Waals surface area contributed by atoms with Crippen LogP contribution >= 0.6 is 0 Å². The molecular formula is C20H29N5O2. The molecule has 2 aromatic rings. The number of pyridine rings is 1. The molecule has 7 heteroatoms. The summed E-state index contributed by atoms with van der Waals surface area (Å²) >= 11 is 0. The number of H-pyrrole nitrogens is 1.